The van der Waals surface area contributed by atoms with E-state index in [0.717, 1.165) is 16.1 Å². The fourth-order valence-corrected chi connectivity index (χ4v) is 3.65. The van der Waals surface area contributed by atoms with E-state index >= 15 is 0 Å². The van der Waals surface area contributed by atoms with Crippen LogP contribution in [0.4, 0.5) is 11.5 Å². The predicted octanol–water partition coefficient (Wildman–Crippen LogP) is 5.23. The molecule has 0 bridgehead atoms. The molecule has 1 aliphatic heterocycles. The number of nitrogens with zero attached hydrogens (tertiary/aromatic N) is 2. The van der Waals surface area contributed by atoms with Crippen molar-refractivity contribution in [3.8, 4) is 0 Å². The molecule has 1 aliphatic rings. The van der Waals surface area contributed by atoms with Crippen LogP contribution in [0.25, 0.3) is 0 Å². The molecule has 0 radical (unpaired) electrons. The van der Waals surface area contributed by atoms with Gasteiger partial charge in [-0.2, -0.15) is 0 Å². The monoisotopic (exact) mass is 381 g/mol. The number of halogens is 1. The fourth-order valence-electron chi connectivity index (χ4n) is 3.08. The summed E-state index contributed by atoms with van der Waals surface area (Å²) in [6.07, 6.45) is 3.26. The van der Waals surface area contributed by atoms with Crippen molar-refractivity contribution in [1.29, 1.82) is 0 Å². The average molecular weight is 382 g/mol. The molecule has 0 fully saturated rings. The summed E-state index contributed by atoms with van der Waals surface area (Å²) in [6, 6.07) is 19.3. The van der Waals surface area contributed by atoms with Gasteiger partial charge < -0.3 is 5.32 Å². The normalized spacial score (nSPS) is 15.8. The van der Waals surface area contributed by atoms with E-state index in [9.17, 15) is 4.79 Å². The lowest BCUT2D eigenvalue weighted by Crippen LogP contribution is -2.32. The molecular formula is C20H16ClN3OS. The number of thioether (sulfide) groups is 1. The van der Waals surface area contributed by atoms with Crippen LogP contribution in [0.5, 0.6) is 0 Å². The Hall–Kier alpha value is -2.50. The lowest BCUT2D eigenvalue weighted by molar-refractivity contribution is 0.0992. The molecule has 6 heteroatoms. The number of nitrogens with one attached hydrogen (secondary N) is 1. The van der Waals surface area contributed by atoms with Crippen LogP contribution in [0.15, 0.2) is 71.8 Å². The Kier molecular flexibility index (Phi) is 4.57. The number of anilines is 2. The van der Waals surface area contributed by atoms with Crippen molar-refractivity contribution in [3.05, 3.63) is 83.0 Å². The minimum Gasteiger partial charge on any atom is -0.361 e. The molecule has 1 atom stereocenters. The first-order chi connectivity index (χ1) is 12.7. The quantitative estimate of drug-likeness (QED) is 0.628. The second-order valence-electron chi connectivity index (χ2n) is 5.88. The van der Waals surface area contributed by atoms with Gasteiger partial charge in [-0.05, 0) is 42.7 Å². The second-order valence-corrected chi connectivity index (χ2v) is 7.19. The summed E-state index contributed by atoms with van der Waals surface area (Å²) in [6.45, 7) is 0. The number of hydrogen-bond acceptors (Lipinski definition) is 4. The molecule has 2 heterocycles. The number of aromatic nitrogens is 1. The number of carbonyl (C=O) groups excluding carboxylic acids is 1. The maximum atomic E-state index is 13.0. The molecule has 4 rings (SSSR count). The Balaban J connectivity index is 1.76. The first kappa shape index (κ1) is 16.9. The number of carbonyl (C=O) groups is 1. The molecule has 0 unspecified atom stereocenters. The minimum atomic E-state index is -0.329. The van der Waals surface area contributed by atoms with Crippen LogP contribution in [-0.2, 0) is 0 Å². The molecule has 1 N–H and O–H groups in total. The van der Waals surface area contributed by atoms with Crippen molar-refractivity contribution in [3.63, 3.8) is 0 Å². The van der Waals surface area contributed by atoms with E-state index in [1.807, 2.05) is 42.7 Å². The van der Waals surface area contributed by atoms with E-state index in [1.54, 1.807) is 35.0 Å². The SMILES string of the molecule is CSc1cccc(N[C@H]2c3ccccc3C(=O)N2c2ccc(Cl)cn2)c1. The second kappa shape index (κ2) is 7.02. The Bertz CT molecular complexity index is 961. The van der Waals surface area contributed by atoms with Gasteiger partial charge in [-0.25, -0.2) is 4.98 Å². The summed E-state index contributed by atoms with van der Waals surface area (Å²) in [5, 5.41) is 4.02. The van der Waals surface area contributed by atoms with Gasteiger partial charge in [0.15, 0.2) is 0 Å². The number of pyridine rings is 1. The molecule has 1 aromatic heterocycles. The zero-order chi connectivity index (χ0) is 18.1. The largest absolute Gasteiger partial charge is 0.361 e. The van der Waals surface area contributed by atoms with Gasteiger partial charge in [0.05, 0.1) is 5.02 Å². The maximum absolute atomic E-state index is 13.0. The zero-order valence-electron chi connectivity index (χ0n) is 14.0. The van der Waals surface area contributed by atoms with Crippen LogP contribution in [0.1, 0.15) is 22.1 Å². The van der Waals surface area contributed by atoms with Crippen LogP contribution < -0.4 is 10.2 Å². The highest BCUT2D eigenvalue weighted by Gasteiger charge is 2.38. The van der Waals surface area contributed by atoms with E-state index in [1.165, 1.54) is 0 Å². The van der Waals surface area contributed by atoms with Crippen molar-refractivity contribution < 1.29 is 4.79 Å². The Labute approximate surface area is 161 Å². The molecule has 1 amide bonds. The fraction of sp³-hybridized carbons (Fsp3) is 0.100. The van der Waals surface area contributed by atoms with Crippen molar-refractivity contribution in [2.45, 2.75) is 11.1 Å². The molecular weight excluding hydrogens is 366 g/mol. The molecule has 3 aromatic rings. The van der Waals surface area contributed by atoms with Gasteiger partial charge in [-0.1, -0.05) is 35.9 Å². The summed E-state index contributed by atoms with van der Waals surface area (Å²) in [5.41, 5.74) is 2.57. The number of fused-ring (bicyclic) bond motifs is 1. The van der Waals surface area contributed by atoms with Crippen LogP contribution in [0.3, 0.4) is 0 Å². The average Bonchev–Trinajstić information content (AvgIpc) is 2.95. The third-order valence-electron chi connectivity index (χ3n) is 4.29. The Morgan fingerprint density at radius 2 is 1.96 bits per heavy atom. The zero-order valence-corrected chi connectivity index (χ0v) is 15.6. The number of amides is 1. The molecule has 0 saturated heterocycles. The third-order valence-corrected chi connectivity index (χ3v) is 5.24. The summed E-state index contributed by atoms with van der Waals surface area (Å²) in [7, 11) is 0. The van der Waals surface area contributed by atoms with E-state index in [2.05, 4.69) is 22.4 Å². The lowest BCUT2D eigenvalue weighted by atomic mass is 10.1. The van der Waals surface area contributed by atoms with Crippen molar-refractivity contribution in [1.82, 2.24) is 4.98 Å². The standard InChI is InChI=1S/C20H16ClN3OS/c1-26-15-6-4-5-14(11-15)23-19-16-7-2-3-8-17(16)20(25)24(19)18-10-9-13(21)12-22-18/h2-12,19,23H,1H3/t19-/m1/s1. The molecule has 4 nitrogen and oxygen atoms in total. The lowest BCUT2D eigenvalue weighted by Gasteiger charge is -2.26. The van der Waals surface area contributed by atoms with E-state index in [0.29, 0.717) is 16.4 Å². The predicted molar refractivity (Wildman–Crippen MR) is 107 cm³/mol. The van der Waals surface area contributed by atoms with Crippen molar-refractivity contribution >= 4 is 40.8 Å². The number of rotatable bonds is 4. The van der Waals surface area contributed by atoms with Gasteiger partial charge in [0.1, 0.15) is 12.0 Å². The highest BCUT2D eigenvalue weighted by Crippen LogP contribution is 2.37. The molecule has 0 saturated carbocycles. The highest BCUT2D eigenvalue weighted by atomic mass is 35.5. The van der Waals surface area contributed by atoms with Gasteiger partial charge in [0.2, 0.25) is 0 Å². The summed E-state index contributed by atoms with van der Waals surface area (Å²) < 4.78 is 0. The summed E-state index contributed by atoms with van der Waals surface area (Å²) >= 11 is 7.64. The number of hydrogen-bond donors (Lipinski definition) is 1. The Morgan fingerprint density at radius 3 is 2.73 bits per heavy atom. The molecule has 2 aromatic carbocycles. The van der Waals surface area contributed by atoms with Gasteiger partial charge in [-0.15, -0.1) is 11.8 Å². The first-order valence-corrected chi connectivity index (χ1v) is 9.72. The smallest absolute Gasteiger partial charge is 0.261 e. The third kappa shape index (κ3) is 3.04. The van der Waals surface area contributed by atoms with E-state index < -0.39 is 0 Å². The number of benzene rings is 2. The minimum absolute atomic E-state index is 0.0751. The molecule has 26 heavy (non-hydrogen) atoms. The van der Waals surface area contributed by atoms with Gasteiger partial charge >= 0.3 is 0 Å². The van der Waals surface area contributed by atoms with Crippen LogP contribution in [0.2, 0.25) is 5.02 Å². The van der Waals surface area contributed by atoms with Gasteiger partial charge in [0.25, 0.3) is 5.91 Å². The molecule has 130 valence electrons. The molecule has 0 spiro atoms. The van der Waals surface area contributed by atoms with Crippen LogP contribution in [-0.4, -0.2) is 17.1 Å². The van der Waals surface area contributed by atoms with Crippen LogP contribution in [0, 0.1) is 0 Å². The van der Waals surface area contributed by atoms with Crippen LogP contribution >= 0.6 is 23.4 Å². The van der Waals surface area contributed by atoms with Gasteiger partial charge in [0, 0.05) is 27.9 Å². The molecule has 0 aliphatic carbocycles. The van der Waals surface area contributed by atoms with Gasteiger partial charge in [-0.3, -0.25) is 9.69 Å². The van der Waals surface area contributed by atoms with Crippen molar-refractivity contribution in [2.75, 3.05) is 16.5 Å². The summed E-state index contributed by atoms with van der Waals surface area (Å²) in [5.74, 6) is 0.489. The first-order valence-electron chi connectivity index (χ1n) is 8.12. The van der Waals surface area contributed by atoms with E-state index in [4.69, 9.17) is 11.6 Å². The maximum Gasteiger partial charge on any atom is 0.261 e. The topological polar surface area (TPSA) is 45.2 Å². The Morgan fingerprint density at radius 1 is 1.12 bits per heavy atom. The van der Waals surface area contributed by atoms with E-state index in [-0.39, 0.29) is 12.1 Å². The highest BCUT2D eigenvalue weighted by molar-refractivity contribution is 7.98. The van der Waals surface area contributed by atoms with Crippen molar-refractivity contribution in [2.24, 2.45) is 0 Å². The summed E-state index contributed by atoms with van der Waals surface area (Å²) in [4.78, 5) is 20.2.